The second-order valence-corrected chi connectivity index (χ2v) is 5.98. The average molecular weight is 289 g/mol. The minimum absolute atomic E-state index is 0.307. The van der Waals surface area contributed by atoms with Gasteiger partial charge in [0.1, 0.15) is 4.83 Å². The number of hydrogen-bond acceptors (Lipinski definition) is 3. The van der Waals surface area contributed by atoms with Crippen LogP contribution in [-0.2, 0) is 6.42 Å². The fraction of sp³-hybridized carbons (Fsp3) is 0.200. The molecule has 0 spiro atoms. The third-order valence-corrected chi connectivity index (χ3v) is 4.44. The molecule has 19 heavy (non-hydrogen) atoms. The summed E-state index contributed by atoms with van der Waals surface area (Å²) >= 11 is 7.51. The fourth-order valence-electron chi connectivity index (χ4n) is 2.25. The molecule has 4 heteroatoms. The second kappa shape index (κ2) is 4.91. The quantitative estimate of drug-likeness (QED) is 0.628. The van der Waals surface area contributed by atoms with Crippen molar-refractivity contribution in [3.8, 4) is 11.1 Å². The average Bonchev–Trinajstić information content (AvgIpc) is 2.74. The topological polar surface area (TPSA) is 25.8 Å². The van der Waals surface area contributed by atoms with Crippen molar-refractivity contribution in [2.45, 2.75) is 20.3 Å². The second-order valence-electron chi connectivity index (χ2n) is 4.44. The highest BCUT2D eigenvalue weighted by atomic mass is 35.5. The number of rotatable bonds is 2. The van der Waals surface area contributed by atoms with Gasteiger partial charge >= 0.3 is 0 Å². The van der Waals surface area contributed by atoms with Crippen molar-refractivity contribution in [3.63, 3.8) is 0 Å². The van der Waals surface area contributed by atoms with E-state index in [4.69, 9.17) is 11.6 Å². The van der Waals surface area contributed by atoms with Gasteiger partial charge in [0.15, 0.2) is 0 Å². The third-order valence-electron chi connectivity index (χ3n) is 3.25. The Kier molecular flexibility index (Phi) is 3.25. The van der Waals surface area contributed by atoms with Crippen molar-refractivity contribution in [2.75, 3.05) is 0 Å². The number of hydrogen-bond donors (Lipinski definition) is 0. The van der Waals surface area contributed by atoms with Crippen LogP contribution in [0.3, 0.4) is 0 Å². The summed E-state index contributed by atoms with van der Waals surface area (Å²) < 4.78 is 0. The standard InChI is InChI=1S/C15H13ClN2S/c1-3-10-4-6-11(7-5-10)13-9(2)19-14-12(13)8-17-15(16)18-14/h4-8H,3H2,1-2H3. The predicted octanol–water partition coefficient (Wildman–Crippen LogP) is 4.88. The van der Waals surface area contributed by atoms with Crippen LogP contribution in [0.25, 0.3) is 21.3 Å². The molecule has 0 bridgehead atoms. The summed E-state index contributed by atoms with van der Waals surface area (Å²) in [5.41, 5.74) is 3.78. The first kappa shape index (κ1) is 12.6. The zero-order chi connectivity index (χ0) is 13.4. The lowest BCUT2D eigenvalue weighted by molar-refractivity contribution is 1.14. The molecule has 0 aliphatic rings. The van der Waals surface area contributed by atoms with E-state index in [1.54, 1.807) is 11.3 Å². The van der Waals surface area contributed by atoms with E-state index in [0.29, 0.717) is 5.28 Å². The van der Waals surface area contributed by atoms with Gasteiger partial charge in [-0.25, -0.2) is 9.97 Å². The highest BCUT2D eigenvalue weighted by Gasteiger charge is 2.12. The monoisotopic (exact) mass is 288 g/mol. The maximum absolute atomic E-state index is 5.85. The Hall–Kier alpha value is -1.45. The largest absolute Gasteiger partial charge is 0.226 e. The van der Waals surface area contributed by atoms with E-state index in [1.807, 2.05) is 6.20 Å². The molecule has 0 amide bonds. The maximum Gasteiger partial charge on any atom is 0.223 e. The van der Waals surface area contributed by atoms with Gasteiger partial charge in [0, 0.05) is 22.0 Å². The molecule has 3 aromatic rings. The molecular weight excluding hydrogens is 276 g/mol. The lowest BCUT2D eigenvalue weighted by atomic mass is 10.0. The van der Waals surface area contributed by atoms with E-state index >= 15 is 0 Å². The lowest BCUT2D eigenvalue weighted by Gasteiger charge is -2.03. The molecule has 96 valence electrons. The van der Waals surface area contributed by atoms with Crippen molar-refractivity contribution in [3.05, 3.63) is 46.2 Å². The van der Waals surface area contributed by atoms with Gasteiger partial charge in [-0.1, -0.05) is 31.2 Å². The first-order valence-corrected chi connectivity index (χ1v) is 7.39. The first-order chi connectivity index (χ1) is 9.19. The highest BCUT2D eigenvalue weighted by Crippen LogP contribution is 2.37. The number of aryl methyl sites for hydroxylation is 2. The van der Waals surface area contributed by atoms with Gasteiger partial charge in [-0.3, -0.25) is 0 Å². The van der Waals surface area contributed by atoms with Crippen LogP contribution in [0.4, 0.5) is 0 Å². The van der Waals surface area contributed by atoms with Crippen molar-refractivity contribution in [1.82, 2.24) is 9.97 Å². The van der Waals surface area contributed by atoms with Crippen molar-refractivity contribution in [2.24, 2.45) is 0 Å². The van der Waals surface area contributed by atoms with Crippen molar-refractivity contribution >= 4 is 33.2 Å². The fourth-order valence-corrected chi connectivity index (χ4v) is 3.45. The summed E-state index contributed by atoms with van der Waals surface area (Å²) in [6.45, 7) is 4.28. The van der Waals surface area contributed by atoms with Gasteiger partial charge in [-0.15, -0.1) is 11.3 Å². The summed E-state index contributed by atoms with van der Waals surface area (Å²) in [6.07, 6.45) is 2.87. The molecule has 2 nitrogen and oxygen atoms in total. The van der Waals surface area contributed by atoms with Crippen molar-refractivity contribution in [1.29, 1.82) is 0 Å². The van der Waals surface area contributed by atoms with Gasteiger partial charge in [-0.2, -0.15) is 0 Å². The minimum atomic E-state index is 0.307. The molecule has 0 aliphatic heterocycles. The Balaban J connectivity index is 2.20. The van der Waals surface area contributed by atoms with E-state index in [-0.39, 0.29) is 0 Å². The molecule has 0 radical (unpaired) electrons. The molecule has 0 aliphatic carbocycles. The molecule has 3 rings (SSSR count). The van der Waals surface area contributed by atoms with Crippen molar-refractivity contribution < 1.29 is 0 Å². The zero-order valence-corrected chi connectivity index (χ0v) is 12.3. The SMILES string of the molecule is CCc1ccc(-c2c(C)sc3nc(Cl)ncc23)cc1. The summed E-state index contributed by atoms with van der Waals surface area (Å²) in [5.74, 6) is 0. The summed E-state index contributed by atoms with van der Waals surface area (Å²) in [7, 11) is 0. The minimum Gasteiger partial charge on any atom is -0.226 e. The summed E-state index contributed by atoms with van der Waals surface area (Å²) in [5, 5.41) is 1.39. The lowest BCUT2D eigenvalue weighted by Crippen LogP contribution is -1.84. The predicted molar refractivity (Wildman–Crippen MR) is 82.0 cm³/mol. The van der Waals surface area contributed by atoms with E-state index in [2.05, 4.69) is 48.1 Å². The van der Waals surface area contributed by atoms with Gasteiger partial charge in [0.25, 0.3) is 0 Å². The Bertz CT molecular complexity index is 732. The van der Waals surface area contributed by atoms with E-state index in [1.165, 1.54) is 21.6 Å². The van der Waals surface area contributed by atoms with E-state index in [0.717, 1.165) is 16.6 Å². The van der Waals surface area contributed by atoms with Gasteiger partial charge < -0.3 is 0 Å². The smallest absolute Gasteiger partial charge is 0.223 e. The van der Waals surface area contributed by atoms with Crippen LogP contribution in [0, 0.1) is 6.92 Å². The number of thiophene rings is 1. The molecular formula is C15H13ClN2S. The van der Waals surface area contributed by atoms with Crippen LogP contribution in [-0.4, -0.2) is 9.97 Å². The molecule has 0 unspecified atom stereocenters. The van der Waals surface area contributed by atoms with Gasteiger partial charge in [-0.05, 0) is 36.1 Å². The number of benzene rings is 1. The first-order valence-electron chi connectivity index (χ1n) is 6.20. The Morgan fingerprint density at radius 2 is 1.95 bits per heavy atom. The van der Waals surface area contributed by atoms with E-state index in [9.17, 15) is 0 Å². The number of aromatic nitrogens is 2. The molecule has 0 fully saturated rings. The highest BCUT2D eigenvalue weighted by molar-refractivity contribution is 7.19. The molecule has 0 saturated carbocycles. The third kappa shape index (κ3) is 2.24. The van der Waals surface area contributed by atoms with Crippen LogP contribution in [0.2, 0.25) is 5.28 Å². The molecule has 0 N–H and O–H groups in total. The molecule has 2 aromatic heterocycles. The molecule has 0 saturated heterocycles. The van der Waals surface area contributed by atoms with Crippen LogP contribution in [0.1, 0.15) is 17.4 Å². The van der Waals surface area contributed by atoms with Gasteiger partial charge in [0.05, 0.1) is 0 Å². The normalized spacial score (nSPS) is 11.1. The number of nitrogens with zero attached hydrogens (tertiary/aromatic N) is 2. The Morgan fingerprint density at radius 1 is 1.21 bits per heavy atom. The summed E-state index contributed by atoms with van der Waals surface area (Å²) in [4.78, 5) is 10.6. The van der Waals surface area contributed by atoms with E-state index < -0.39 is 0 Å². The number of halogens is 1. The van der Waals surface area contributed by atoms with Crippen LogP contribution >= 0.6 is 22.9 Å². The Morgan fingerprint density at radius 3 is 2.63 bits per heavy atom. The van der Waals surface area contributed by atoms with Crippen LogP contribution in [0.15, 0.2) is 30.5 Å². The maximum atomic E-state index is 5.85. The summed E-state index contributed by atoms with van der Waals surface area (Å²) in [6, 6.07) is 8.69. The molecule has 0 atom stereocenters. The zero-order valence-electron chi connectivity index (χ0n) is 10.8. The number of fused-ring (bicyclic) bond motifs is 1. The van der Waals surface area contributed by atoms with Gasteiger partial charge in [0.2, 0.25) is 5.28 Å². The van der Waals surface area contributed by atoms with Crippen LogP contribution < -0.4 is 0 Å². The Labute approximate surface area is 121 Å². The molecule has 2 heterocycles. The molecule has 1 aromatic carbocycles. The van der Waals surface area contributed by atoms with Crippen LogP contribution in [0.5, 0.6) is 0 Å².